The van der Waals surface area contributed by atoms with Crippen LogP contribution in [0.25, 0.3) is 0 Å². The summed E-state index contributed by atoms with van der Waals surface area (Å²) in [6.45, 7) is 4.89. The van der Waals surface area contributed by atoms with Gasteiger partial charge in [-0.15, -0.1) is 0 Å². The van der Waals surface area contributed by atoms with Crippen molar-refractivity contribution in [1.82, 2.24) is 10.3 Å². The molecule has 0 spiro atoms. The Morgan fingerprint density at radius 2 is 2.22 bits per heavy atom. The van der Waals surface area contributed by atoms with Crippen molar-refractivity contribution < 1.29 is 0 Å². The van der Waals surface area contributed by atoms with Gasteiger partial charge in [0.15, 0.2) is 0 Å². The van der Waals surface area contributed by atoms with Gasteiger partial charge in [-0.25, -0.2) is 4.98 Å². The summed E-state index contributed by atoms with van der Waals surface area (Å²) >= 11 is 0. The molecule has 18 heavy (non-hydrogen) atoms. The van der Waals surface area contributed by atoms with Crippen LogP contribution in [-0.4, -0.2) is 24.6 Å². The summed E-state index contributed by atoms with van der Waals surface area (Å²) in [6.07, 6.45) is 4.41. The number of anilines is 1. The SMILES string of the molecule is CCCNCCNc1nc2c(cc1C#N)CCC2. The second kappa shape index (κ2) is 6.36. The molecule has 0 unspecified atom stereocenters. The van der Waals surface area contributed by atoms with E-state index in [0.29, 0.717) is 5.56 Å². The largest absolute Gasteiger partial charge is 0.368 e. The van der Waals surface area contributed by atoms with Crippen LogP contribution in [0.2, 0.25) is 0 Å². The molecule has 1 aromatic rings. The summed E-state index contributed by atoms with van der Waals surface area (Å²) in [4.78, 5) is 4.58. The monoisotopic (exact) mass is 244 g/mol. The molecule has 0 bridgehead atoms. The van der Waals surface area contributed by atoms with Crippen molar-refractivity contribution in [3.63, 3.8) is 0 Å². The van der Waals surface area contributed by atoms with E-state index in [1.54, 1.807) is 0 Å². The Kier molecular flexibility index (Phi) is 4.54. The Morgan fingerprint density at radius 1 is 1.33 bits per heavy atom. The van der Waals surface area contributed by atoms with Crippen LogP contribution in [0.15, 0.2) is 6.07 Å². The third-order valence-corrected chi connectivity index (χ3v) is 3.19. The molecule has 2 N–H and O–H groups in total. The van der Waals surface area contributed by atoms with E-state index in [0.717, 1.165) is 56.8 Å². The Balaban J connectivity index is 1.97. The summed E-state index contributed by atoms with van der Waals surface area (Å²) in [5.41, 5.74) is 3.09. The molecule has 96 valence electrons. The maximum absolute atomic E-state index is 9.14. The first kappa shape index (κ1) is 12.8. The van der Waals surface area contributed by atoms with Gasteiger partial charge in [0.1, 0.15) is 11.9 Å². The van der Waals surface area contributed by atoms with E-state index >= 15 is 0 Å². The van der Waals surface area contributed by atoms with E-state index in [1.165, 1.54) is 5.56 Å². The van der Waals surface area contributed by atoms with Gasteiger partial charge >= 0.3 is 0 Å². The fourth-order valence-electron chi connectivity index (χ4n) is 2.26. The number of hydrogen-bond donors (Lipinski definition) is 2. The minimum atomic E-state index is 0.672. The molecular formula is C14H20N4. The van der Waals surface area contributed by atoms with Gasteiger partial charge in [0.25, 0.3) is 0 Å². The van der Waals surface area contributed by atoms with Crippen LogP contribution in [-0.2, 0) is 12.8 Å². The minimum absolute atomic E-state index is 0.672. The number of aromatic nitrogens is 1. The standard InChI is InChI=1S/C14H20N4/c1-2-6-16-7-8-17-14-12(10-15)9-11-4-3-5-13(11)18-14/h9,16H,2-8H2,1H3,(H,17,18). The third kappa shape index (κ3) is 2.99. The number of nitrogens with zero attached hydrogens (tertiary/aromatic N) is 2. The van der Waals surface area contributed by atoms with Crippen molar-refractivity contribution in [2.45, 2.75) is 32.6 Å². The molecule has 0 atom stereocenters. The second-order valence-corrected chi connectivity index (χ2v) is 4.63. The predicted octanol–water partition coefficient (Wildman–Crippen LogP) is 1.85. The maximum atomic E-state index is 9.14. The van der Waals surface area contributed by atoms with Crippen molar-refractivity contribution in [2.24, 2.45) is 0 Å². The number of rotatable bonds is 6. The van der Waals surface area contributed by atoms with Crippen molar-refractivity contribution in [1.29, 1.82) is 5.26 Å². The molecule has 1 aliphatic rings. The number of fused-ring (bicyclic) bond motifs is 1. The van der Waals surface area contributed by atoms with E-state index in [9.17, 15) is 0 Å². The van der Waals surface area contributed by atoms with Gasteiger partial charge in [-0.2, -0.15) is 5.26 Å². The third-order valence-electron chi connectivity index (χ3n) is 3.19. The van der Waals surface area contributed by atoms with Crippen LogP contribution < -0.4 is 10.6 Å². The smallest absolute Gasteiger partial charge is 0.144 e. The Morgan fingerprint density at radius 3 is 3.00 bits per heavy atom. The van der Waals surface area contributed by atoms with Crippen LogP contribution in [0.1, 0.15) is 36.6 Å². The maximum Gasteiger partial charge on any atom is 0.144 e. The highest BCUT2D eigenvalue weighted by Crippen LogP contribution is 2.24. The van der Waals surface area contributed by atoms with Gasteiger partial charge in [-0.05, 0) is 43.9 Å². The highest BCUT2D eigenvalue weighted by molar-refractivity contribution is 5.55. The number of nitriles is 1. The Labute approximate surface area is 108 Å². The summed E-state index contributed by atoms with van der Waals surface area (Å²) in [5.74, 6) is 0.747. The minimum Gasteiger partial charge on any atom is -0.368 e. The van der Waals surface area contributed by atoms with Gasteiger partial charge in [0, 0.05) is 18.8 Å². The van der Waals surface area contributed by atoms with Crippen LogP contribution in [0, 0.1) is 11.3 Å². The first-order chi connectivity index (χ1) is 8.85. The van der Waals surface area contributed by atoms with E-state index in [4.69, 9.17) is 5.26 Å². The van der Waals surface area contributed by atoms with Crippen molar-refractivity contribution >= 4 is 5.82 Å². The lowest BCUT2D eigenvalue weighted by Crippen LogP contribution is -2.23. The highest BCUT2D eigenvalue weighted by Gasteiger charge is 2.15. The molecule has 0 amide bonds. The van der Waals surface area contributed by atoms with Crippen molar-refractivity contribution in [3.05, 3.63) is 22.9 Å². The molecule has 2 rings (SSSR count). The summed E-state index contributed by atoms with van der Waals surface area (Å²) in [5, 5.41) is 15.7. The van der Waals surface area contributed by atoms with E-state index < -0.39 is 0 Å². The first-order valence-corrected chi connectivity index (χ1v) is 6.72. The van der Waals surface area contributed by atoms with Crippen LogP contribution in [0.3, 0.4) is 0 Å². The molecule has 1 aliphatic carbocycles. The fraction of sp³-hybridized carbons (Fsp3) is 0.571. The number of hydrogen-bond acceptors (Lipinski definition) is 4. The lowest BCUT2D eigenvalue weighted by molar-refractivity contribution is 0.687. The van der Waals surface area contributed by atoms with Gasteiger partial charge in [0.05, 0.1) is 5.56 Å². The van der Waals surface area contributed by atoms with Crippen LogP contribution in [0.5, 0.6) is 0 Å². The second-order valence-electron chi connectivity index (χ2n) is 4.63. The van der Waals surface area contributed by atoms with Crippen LogP contribution in [0.4, 0.5) is 5.82 Å². The molecular weight excluding hydrogens is 224 g/mol. The average molecular weight is 244 g/mol. The van der Waals surface area contributed by atoms with E-state index in [1.807, 2.05) is 6.07 Å². The van der Waals surface area contributed by atoms with Crippen molar-refractivity contribution in [2.75, 3.05) is 25.0 Å². The Bertz CT molecular complexity index is 448. The van der Waals surface area contributed by atoms with Gasteiger partial charge < -0.3 is 10.6 Å². The average Bonchev–Trinajstić information content (AvgIpc) is 2.84. The van der Waals surface area contributed by atoms with E-state index in [2.05, 4.69) is 28.6 Å². The normalized spacial score (nSPS) is 13.1. The topological polar surface area (TPSA) is 60.7 Å². The summed E-state index contributed by atoms with van der Waals surface area (Å²) in [6, 6.07) is 4.23. The lowest BCUT2D eigenvalue weighted by atomic mass is 10.1. The Hall–Kier alpha value is -1.60. The summed E-state index contributed by atoms with van der Waals surface area (Å²) < 4.78 is 0. The molecule has 0 saturated heterocycles. The molecule has 0 aliphatic heterocycles. The molecule has 1 aromatic heterocycles. The van der Waals surface area contributed by atoms with Gasteiger partial charge in [-0.3, -0.25) is 0 Å². The van der Waals surface area contributed by atoms with Gasteiger partial charge in [-0.1, -0.05) is 6.92 Å². The zero-order chi connectivity index (χ0) is 12.8. The van der Waals surface area contributed by atoms with Crippen molar-refractivity contribution in [3.8, 4) is 6.07 Å². The summed E-state index contributed by atoms with van der Waals surface area (Å²) in [7, 11) is 0. The fourth-order valence-corrected chi connectivity index (χ4v) is 2.26. The highest BCUT2D eigenvalue weighted by atomic mass is 15.0. The van der Waals surface area contributed by atoms with Crippen LogP contribution >= 0.6 is 0 Å². The molecule has 1 heterocycles. The lowest BCUT2D eigenvalue weighted by Gasteiger charge is -2.10. The molecule has 0 fully saturated rings. The van der Waals surface area contributed by atoms with E-state index in [-0.39, 0.29) is 0 Å². The molecule has 4 nitrogen and oxygen atoms in total. The molecule has 0 radical (unpaired) electrons. The molecule has 0 aromatic carbocycles. The molecule has 0 saturated carbocycles. The first-order valence-electron chi connectivity index (χ1n) is 6.72. The zero-order valence-electron chi connectivity index (χ0n) is 10.9. The number of aryl methyl sites for hydroxylation is 2. The number of nitrogens with one attached hydrogen (secondary N) is 2. The predicted molar refractivity (Wildman–Crippen MR) is 72.6 cm³/mol. The van der Waals surface area contributed by atoms with Gasteiger partial charge in [0.2, 0.25) is 0 Å². The quantitative estimate of drug-likeness (QED) is 0.750. The number of pyridine rings is 1. The zero-order valence-corrected chi connectivity index (χ0v) is 10.9. The molecule has 4 heteroatoms.